The number of benzene rings is 2. The van der Waals surface area contributed by atoms with Gasteiger partial charge in [-0.3, -0.25) is 4.79 Å². The van der Waals surface area contributed by atoms with E-state index >= 15 is 0 Å². The molecule has 2 rings (SSSR count). The molecule has 0 bridgehead atoms. The van der Waals surface area contributed by atoms with Crippen LogP contribution in [-0.4, -0.2) is 19.0 Å². The molecule has 2 aromatic rings. The van der Waals surface area contributed by atoms with Gasteiger partial charge in [0, 0.05) is 0 Å². The van der Waals surface area contributed by atoms with Gasteiger partial charge in [0.1, 0.15) is 0 Å². The van der Waals surface area contributed by atoms with Crippen molar-refractivity contribution in [3.8, 4) is 0 Å². The minimum absolute atomic E-state index is 0.154. The Labute approximate surface area is 142 Å². The first-order chi connectivity index (χ1) is 11.8. The van der Waals surface area contributed by atoms with Crippen molar-refractivity contribution < 1.29 is 27.5 Å². The second kappa shape index (κ2) is 7.83. The molecule has 7 heteroatoms. The maximum Gasteiger partial charge on any atom is 0.416 e. The maximum atomic E-state index is 12.5. The summed E-state index contributed by atoms with van der Waals surface area (Å²) in [5, 5.41) is 2.54. The third-order valence-electron chi connectivity index (χ3n) is 3.52. The number of amides is 1. The lowest BCUT2D eigenvalue weighted by atomic mass is 10.1. The van der Waals surface area contributed by atoms with Crippen molar-refractivity contribution in [2.75, 3.05) is 7.11 Å². The highest BCUT2D eigenvalue weighted by Gasteiger charge is 2.30. The Kier molecular flexibility index (Phi) is 5.80. The van der Waals surface area contributed by atoms with Crippen molar-refractivity contribution >= 4 is 11.9 Å². The van der Waals surface area contributed by atoms with Gasteiger partial charge < -0.3 is 10.1 Å². The van der Waals surface area contributed by atoms with Gasteiger partial charge in [-0.1, -0.05) is 42.5 Å². The molecule has 0 aliphatic heterocycles. The summed E-state index contributed by atoms with van der Waals surface area (Å²) in [5.74, 6) is -1.13. The summed E-state index contributed by atoms with van der Waals surface area (Å²) in [7, 11) is 1.21. The Balaban J connectivity index is 2.08. The largest absolute Gasteiger partial charge is 0.467 e. The number of ether oxygens (including phenoxy) is 1. The molecule has 1 N–H and O–H groups in total. The third kappa shape index (κ3) is 5.07. The molecule has 1 atom stereocenters. The smallest absolute Gasteiger partial charge is 0.416 e. The number of carbonyl (C=O) groups excluding carboxylic acids is 2. The second-order valence-electron chi connectivity index (χ2n) is 5.31. The van der Waals surface area contributed by atoms with Crippen LogP contribution in [-0.2, 0) is 26.9 Å². The molecular formula is C18H16F3NO3. The van der Waals surface area contributed by atoms with Gasteiger partial charge >= 0.3 is 12.1 Å². The fraction of sp³-hybridized carbons (Fsp3) is 0.222. The summed E-state index contributed by atoms with van der Waals surface area (Å²) >= 11 is 0. The van der Waals surface area contributed by atoms with E-state index in [0.717, 1.165) is 12.1 Å². The standard InChI is InChI=1S/C18H16F3NO3/c1-25-17(24)16(13-5-3-2-4-6-13)22-15(23)11-12-7-9-14(10-8-12)18(19,20)21/h2-10,16H,11H2,1H3,(H,22,23). The molecule has 0 aliphatic carbocycles. The first-order valence-corrected chi connectivity index (χ1v) is 7.39. The molecule has 0 fully saturated rings. The lowest BCUT2D eigenvalue weighted by Crippen LogP contribution is -2.35. The monoisotopic (exact) mass is 351 g/mol. The van der Waals surface area contributed by atoms with E-state index in [-0.39, 0.29) is 6.42 Å². The number of rotatable bonds is 5. The van der Waals surface area contributed by atoms with E-state index in [1.807, 2.05) is 0 Å². The van der Waals surface area contributed by atoms with Gasteiger partial charge in [0.05, 0.1) is 19.1 Å². The number of esters is 1. The van der Waals surface area contributed by atoms with E-state index in [9.17, 15) is 22.8 Å². The molecule has 0 saturated heterocycles. The molecule has 1 unspecified atom stereocenters. The molecule has 0 aromatic heterocycles. The van der Waals surface area contributed by atoms with E-state index < -0.39 is 29.7 Å². The molecule has 0 aliphatic rings. The zero-order chi connectivity index (χ0) is 18.4. The average Bonchev–Trinajstić information content (AvgIpc) is 2.59. The van der Waals surface area contributed by atoms with Gasteiger partial charge in [0.2, 0.25) is 5.91 Å². The number of hydrogen-bond donors (Lipinski definition) is 1. The predicted octanol–water partition coefficient (Wildman–Crippen LogP) is 3.28. The van der Waals surface area contributed by atoms with Crippen LogP contribution in [0.5, 0.6) is 0 Å². The van der Waals surface area contributed by atoms with E-state index in [2.05, 4.69) is 5.32 Å². The van der Waals surface area contributed by atoms with Gasteiger partial charge in [-0.25, -0.2) is 4.79 Å². The number of hydrogen-bond acceptors (Lipinski definition) is 3. The topological polar surface area (TPSA) is 55.4 Å². The van der Waals surface area contributed by atoms with E-state index in [1.54, 1.807) is 30.3 Å². The van der Waals surface area contributed by atoms with E-state index in [4.69, 9.17) is 4.74 Å². The van der Waals surface area contributed by atoms with Crippen LogP contribution in [0.1, 0.15) is 22.7 Å². The number of nitrogens with one attached hydrogen (secondary N) is 1. The lowest BCUT2D eigenvalue weighted by Gasteiger charge is -2.17. The van der Waals surface area contributed by atoms with Crippen LogP contribution >= 0.6 is 0 Å². The van der Waals surface area contributed by atoms with Crippen LogP contribution in [0.4, 0.5) is 13.2 Å². The van der Waals surface area contributed by atoms with Crippen molar-refractivity contribution in [1.29, 1.82) is 0 Å². The Morgan fingerprint density at radius 1 is 1.04 bits per heavy atom. The summed E-state index contributed by atoms with van der Waals surface area (Å²) in [6.07, 6.45) is -4.58. The van der Waals surface area contributed by atoms with Crippen LogP contribution in [0.25, 0.3) is 0 Å². The van der Waals surface area contributed by atoms with E-state index in [1.165, 1.54) is 19.2 Å². The van der Waals surface area contributed by atoms with Crippen LogP contribution in [0.2, 0.25) is 0 Å². The highest BCUT2D eigenvalue weighted by molar-refractivity contribution is 5.86. The number of halogens is 3. The summed E-state index contributed by atoms with van der Waals surface area (Å²) in [6, 6.07) is 11.8. The Hall–Kier alpha value is -2.83. The summed E-state index contributed by atoms with van der Waals surface area (Å²) in [4.78, 5) is 24.1. The zero-order valence-electron chi connectivity index (χ0n) is 13.3. The highest BCUT2D eigenvalue weighted by atomic mass is 19.4. The van der Waals surface area contributed by atoms with Crippen LogP contribution in [0, 0.1) is 0 Å². The maximum absolute atomic E-state index is 12.5. The fourth-order valence-electron chi connectivity index (χ4n) is 2.25. The van der Waals surface area contributed by atoms with Gasteiger partial charge in [-0.2, -0.15) is 13.2 Å². The molecule has 0 spiro atoms. The second-order valence-corrected chi connectivity index (χ2v) is 5.31. The molecular weight excluding hydrogens is 335 g/mol. The fourth-order valence-corrected chi connectivity index (χ4v) is 2.25. The summed E-state index contributed by atoms with van der Waals surface area (Å²) in [6.45, 7) is 0. The van der Waals surface area contributed by atoms with Gasteiger partial charge in [0.25, 0.3) is 0 Å². The quantitative estimate of drug-likeness (QED) is 0.841. The summed E-state index contributed by atoms with van der Waals surface area (Å²) < 4.78 is 42.3. The Morgan fingerprint density at radius 2 is 1.64 bits per heavy atom. The van der Waals surface area contributed by atoms with Gasteiger partial charge in [-0.15, -0.1) is 0 Å². The van der Waals surface area contributed by atoms with Crippen molar-refractivity contribution in [3.63, 3.8) is 0 Å². The van der Waals surface area contributed by atoms with Crippen molar-refractivity contribution in [1.82, 2.24) is 5.32 Å². The van der Waals surface area contributed by atoms with Crippen molar-refractivity contribution in [2.45, 2.75) is 18.6 Å². The minimum Gasteiger partial charge on any atom is -0.467 e. The van der Waals surface area contributed by atoms with Gasteiger partial charge in [-0.05, 0) is 23.3 Å². The minimum atomic E-state index is -4.43. The number of alkyl halides is 3. The van der Waals surface area contributed by atoms with Crippen LogP contribution < -0.4 is 5.32 Å². The van der Waals surface area contributed by atoms with Crippen molar-refractivity contribution in [3.05, 3.63) is 71.3 Å². The number of methoxy groups -OCH3 is 1. The third-order valence-corrected chi connectivity index (χ3v) is 3.52. The first-order valence-electron chi connectivity index (χ1n) is 7.39. The molecule has 25 heavy (non-hydrogen) atoms. The van der Waals surface area contributed by atoms with Gasteiger partial charge in [0.15, 0.2) is 6.04 Å². The molecule has 2 aromatic carbocycles. The summed E-state index contributed by atoms with van der Waals surface area (Å²) in [5.41, 5.74) is 0.172. The van der Waals surface area contributed by atoms with E-state index in [0.29, 0.717) is 11.1 Å². The van der Waals surface area contributed by atoms with Crippen LogP contribution in [0.3, 0.4) is 0 Å². The zero-order valence-corrected chi connectivity index (χ0v) is 13.3. The van der Waals surface area contributed by atoms with Crippen molar-refractivity contribution in [2.24, 2.45) is 0 Å². The molecule has 0 radical (unpaired) electrons. The Morgan fingerprint density at radius 3 is 2.16 bits per heavy atom. The Bertz CT molecular complexity index is 727. The lowest BCUT2D eigenvalue weighted by molar-refractivity contribution is -0.145. The SMILES string of the molecule is COC(=O)C(NC(=O)Cc1ccc(C(F)(F)F)cc1)c1ccccc1. The normalized spacial score (nSPS) is 12.3. The molecule has 4 nitrogen and oxygen atoms in total. The molecule has 1 amide bonds. The predicted molar refractivity (Wildman–Crippen MR) is 84.5 cm³/mol. The van der Waals surface area contributed by atoms with Crippen LogP contribution in [0.15, 0.2) is 54.6 Å². The molecule has 132 valence electrons. The number of carbonyl (C=O) groups is 2. The highest BCUT2D eigenvalue weighted by Crippen LogP contribution is 2.29. The molecule has 0 saturated carbocycles. The average molecular weight is 351 g/mol. The first kappa shape index (κ1) is 18.5. The molecule has 0 heterocycles.